The van der Waals surface area contributed by atoms with E-state index in [-0.39, 0.29) is 29.6 Å². The molecule has 2 rings (SSSR count). The monoisotopic (exact) mass is 488 g/mol. The topological polar surface area (TPSA) is 48.9 Å². The fourth-order valence-electron chi connectivity index (χ4n) is 3.29. The van der Waals surface area contributed by atoms with E-state index >= 15 is 0 Å². The van der Waals surface area contributed by atoms with Crippen LogP contribution in [0.25, 0.3) is 0 Å². The van der Waals surface area contributed by atoms with Gasteiger partial charge in [-0.25, -0.2) is 0 Å². The first-order valence-corrected chi connectivity index (χ1v) is 9.81. The van der Waals surface area contributed by atoms with Crippen LogP contribution in [0.4, 0.5) is 0 Å². The molecule has 0 saturated carbocycles. The van der Waals surface area contributed by atoms with Crippen molar-refractivity contribution in [1.82, 2.24) is 15.5 Å². The predicted molar refractivity (Wildman–Crippen MR) is 125 cm³/mol. The van der Waals surface area contributed by atoms with Crippen molar-refractivity contribution in [1.29, 1.82) is 0 Å². The molecule has 1 fully saturated rings. The number of hydrogen-bond donors (Lipinski definition) is 2. The van der Waals surface area contributed by atoms with Gasteiger partial charge >= 0.3 is 0 Å². The largest absolute Gasteiger partial charge is 0.371 e. The minimum absolute atomic E-state index is 0. The average molecular weight is 488 g/mol. The van der Waals surface area contributed by atoms with Gasteiger partial charge in [-0.2, -0.15) is 0 Å². The summed E-state index contributed by atoms with van der Waals surface area (Å²) >= 11 is 0. The standard InChI is InChI=1S/C21H36N4O.HI/c1-6-25-12-8-11-19(25)15-24-20(22-5)23-14-17-9-7-10-18(13-17)16-26-21(2,3)4;/h7,9-10,13,19H,6,8,11-12,14-16H2,1-5H3,(H2,22,23,24);1H. The molecule has 1 unspecified atom stereocenters. The third kappa shape index (κ3) is 8.79. The van der Waals surface area contributed by atoms with Crippen molar-refractivity contribution in [3.05, 3.63) is 35.4 Å². The Labute approximate surface area is 182 Å². The third-order valence-electron chi connectivity index (χ3n) is 4.76. The van der Waals surface area contributed by atoms with Crippen molar-refractivity contribution in [2.75, 3.05) is 26.7 Å². The molecule has 1 atom stereocenters. The second-order valence-electron chi connectivity index (χ2n) is 7.95. The van der Waals surface area contributed by atoms with Crippen LogP contribution < -0.4 is 10.6 Å². The average Bonchev–Trinajstić information content (AvgIpc) is 3.07. The van der Waals surface area contributed by atoms with E-state index in [4.69, 9.17) is 4.74 Å². The fourth-order valence-corrected chi connectivity index (χ4v) is 3.29. The molecule has 0 bridgehead atoms. The molecule has 1 aliphatic rings. The lowest BCUT2D eigenvalue weighted by atomic mass is 10.1. The summed E-state index contributed by atoms with van der Waals surface area (Å²) in [5.74, 6) is 0.865. The maximum Gasteiger partial charge on any atom is 0.191 e. The molecule has 0 aliphatic carbocycles. The van der Waals surface area contributed by atoms with E-state index in [1.807, 2.05) is 7.05 Å². The molecular weight excluding hydrogens is 451 g/mol. The summed E-state index contributed by atoms with van der Waals surface area (Å²) in [6.07, 6.45) is 2.57. The van der Waals surface area contributed by atoms with Gasteiger partial charge in [0.1, 0.15) is 0 Å². The zero-order valence-corrected chi connectivity index (χ0v) is 19.9. The van der Waals surface area contributed by atoms with E-state index in [0.29, 0.717) is 12.6 Å². The Bertz CT molecular complexity index is 586. The number of nitrogens with zero attached hydrogens (tertiary/aromatic N) is 2. The second kappa shape index (κ2) is 11.9. The molecule has 0 amide bonds. The van der Waals surface area contributed by atoms with E-state index in [9.17, 15) is 0 Å². The van der Waals surface area contributed by atoms with Crippen LogP contribution in [0.3, 0.4) is 0 Å². The first-order valence-electron chi connectivity index (χ1n) is 9.81. The first kappa shape index (κ1) is 24.2. The summed E-state index contributed by atoms with van der Waals surface area (Å²) in [6, 6.07) is 9.16. The Morgan fingerprint density at radius 2 is 2.00 bits per heavy atom. The van der Waals surface area contributed by atoms with Crippen molar-refractivity contribution in [3.63, 3.8) is 0 Å². The molecule has 1 heterocycles. The Hall–Kier alpha value is -0.860. The van der Waals surface area contributed by atoms with E-state index < -0.39 is 0 Å². The minimum atomic E-state index is -0.118. The summed E-state index contributed by atoms with van der Waals surface area (Å²) in [4.78, 5) is 6.90. The minimum Gasteiger partial charge on any atom is -0.371 e. The molecule has 1 aromatic carbocycles. The van der Waals surface area contributed by atoms with Gasteiger partial charge in [-0.15, -0.1) is 24.0 Å². The molecule has 6 heteroatoms. The number of guanidine groups is 1. The molecule has 5 nitrogen and oxygen atoms in total. The molecular formula is C21H37IN4O. The Morgan fingerprint density at radius 3 is 2.67 bits per heavy atom. The van der Waals surface area contributed by atoms with Crippen LogP contribution in [0, 0.1) is 0 Å². The van der Waals surface area contributed by atoms with Crippen LogP contribution in [0.1, 0.15) is 51.7 Å². The second-order valence-corrected chi connectivity index (χ2v) is 7.95. The van der Waals surface area contributed by atoms with E-state index in [1.165, 1.54) is 30.5 Å². The number of rotatable bonds is 7. The van der Waals surface area contributed by atoms with E-state index in [0.717, 1.165) is 25.6 Å². The highest BCUT2D eigenvalue weighted by molar-refractivity contribution is 14.0. The number of ether oxygens (including phenoxy) is 1. The number of hydrogen-bond acceptors (Lipinski definition) is 3. The van der Waals surface area contributed by atoms with Crippen molar-refractivity contribution >= 4 is 29.9 Å². The molecule has 0 radical (unpaired) electrons. The summed E-state index contributed by atoms with van der Waals surface area (Å²) in [7, 11) is 1.83. The predicted octanol–water partition coefficient (Wildman–Crippen LogP) is 3.77. The molecule has 0 aromatic heterocycles. The van der Waals surface area contributed by atoms with Crippen molar-refractivity contribution < 1.29 is 4.74 Å². The molecule has 1 aliphatic heterocycles. The molecule has 154 valence electrons. The molecule has 2 N–H and O–H groups in total. The van der Waals surface area contributed by atoms with Crippen LogP contribution in [-0.2, 0) is 17.9 Å². The maximum absolute atomic E-state index is 5.87. The lowest BCUT2D eigenvalue weighted by Crippen LogP contribution is -2.44. The number of halogens is 1. The van der Waals surface area contributed by atoms with Gasteiger partial charge in [0.15, 0.2) is 5.96 Å². The number of aliphatic imine (C=N–C) groups is 1. The van der Waals surface area contributed by atoms with Crippen LogP contribution in [0.5, 0.6) is 0 Å². The first-order chi connectivity index (χ1) is 12.4. The summed E-state index contributed by atoms with van der Waals surface area (Å²) in [5, 5.41) is 6.90. The van der Waals surface area contributed by atoms with Crippen molar-refractivity contribution in [2.24, 2.45) is 4.99 Å². The lowest BCUT2D eigenvalue weighted by molar-refractivity contribution is -0.0149. The SMILES string of the molecule is CCN1CCCC1CNC(=NC)NCc1cccc(COC(C)(C)C)c1.I. The van der Waals surface area contributed by atoms with Gasteiger partial charge in [0.05, 0.1) is 12.2 Å². The van der Waals surface area contributed by atoms with Gasteiger partial charge < -0.3 is 15.4 Å². The molecule has 1 saturated heterocycles. The molecule has 1 aromatic rings. The lowest BCUT2D eigenvalue weighted by Gasteiger charge is -2.24. The van der Waals surface area contributed by atoms with E-state index in [2.05, 4.69) is 72.5 Å². The van der Waals surface area contributed by atoms with Gasteiger partial charge in [-0.1, -0.05) is 31.2 Å². The van der Waals surface area contributed by atoms with Crippen molar-refractivity contribution in [3.8, 4) is 0 Å². The van der Waals surface area contributed by atoms with Crippen LogP contribution in [0.2, 0.25) is 0 Å². The van der Waals surface area contributed by atoms with Gasteiger partial charge in [0, 0.05) is 26.2 Å². The van der Waals surface area contributed by atoms with Gasteiger partial charge in [-0.05, 0) is 57.8 Å². The summed E-state index contributed by atoms with van der Waals surface area (Å²) in [5.41, 5.74) is 2.32. The summed E-state index contributed by atoms with van der Waals surface area (Å²) in [6.45, 7) is 13.2. The van der Waals surface area contributed by atoms with Crippen LogP contribution in [0.15, 0.2) is 29.3 Å². The quantitative estimate of drug-likeness (QED) is 0.349. The molecule has 27 heavy (non-hydrogen) atoms. The number of nitrogens with one attached hydrogen (secondary N) is 2. The number of likely N-dealkylation sites (N-methyl/N-ethyl adjacent to an activating group) is 1. The zero-order valence-electron chi connectivity index (χ0n) is 17.5. The van der Waals surface area contributed by atoms with Gasteiger partial charge in [0.2, 0.25) is 0 Å². The smallest absolute Gasteiger partial charge is 0.191 e. The Morgan fingerprint density at radius 1 is 1.26 bits per heavy atom. The zero-order chi connectivity index (χ0) is 19.0. The normalized spacial score (nSPS) is 18.3. The summed E-state index contributed by atoms with van der Waals surface area (Å²) < 4.78 is 5.87. The number of likely N-dealkylation sites (tertiary alicyclic amines) is 1. The number of benzene rings is 1. The Balaban J connectivity index is 0.00000364. The van der Waals surface area contributed by atoms with Gasteiger partial charge in [0.25, 0.3) is 0 Å². The highest BCUT2D eigenvalue weighted by Crippen LogP contribution is 2.15. The van der Waals surface area contributed by atoms with Crippen LogP contribution >= 0.6 is 24.0 Å². The fraction of sp³-hybridized carbons (Fsp3) is 0.667. The maximum atomic E-state index is 5.87. The highest BCUT2D eigenvalue weighted by Gasteiger charge is 2.22. The van der Waals surface area contributed by atoms with E-state index in [1.54, 1.807) is 0 Å². The van der Waals surface area contributed by atoms with Crippen LogP contribution in [-0.4, -0.2) is 49.2 Å². The Kier molecular flexibility index (Phi) is 10.6. The van der Waals surface area contributed by atoms with Gasteiger partial charge in [-0.3, -0.25) is 9.89 Å². The molecule has 0 spiro atoms. The highest BCUT2D eigenvalue weighted by atomic mass is 127. The third-order valence-corrected chi connectivity index (χ3v) is 4.76. The van der Waals surface area contributed by atoms with Crippen molar-refractivity contribution in [2.45, 2.75) is 65.3 Å².